The van der Waals surface area contributed by atoms with E-state index in [1.165, 1.54) is 37.7 Å². The summed E-state index contributed by atoms with van der Waals surface area (Å²) in [5, 5.41) is 3.64. The van der Waals surface area contributed by atoms with E-state index in [0.717, 1.165) is 11.1 Å². The molecule has 1 aromatic rings. The molecular formula is C16H18ClNO. The molecular weight excluding hydrogens is 258 g/mol. The van der Waals surface area contributed by atoms with Crippen molar-refractivity contribution in [2.24, 2.45) is 5.92 Å². The topological polar surface area (TPSA) is 29.1 Å². The van der Waals surface area contributed by atoms with Gasteiger partial charge in [0.05, 0.1) is 0 Å². The highest BCUT2D eigenvalue weighted by Gasteiger charge is 2.22. The number of nitrogens with one attached hydrogen (secondary N) is 1. The lowest BCUT2D eigenvalue weighted by molar-refractivity contribution is 0.0955. The van der Waals surface area contributed by atoms with Gasteiger partial charge in [-0.25, -0.2) is 0 Å². The van der Waals surface area contributed by atoms with Crippen LogP contribution in [-0.2, 0) is 0 Å². The van der Waals surface area contributed by atoms with Gasteiger partial charge in [0, 0.05) is 17.1 Å². The van der Waals surface area contributed by atoms with Gasteiger partial charge >= 0.3 is 0 Å². The minimum atomic E-state index is 0.00691. The van der Waals surface area contributed by atoms with Gasteiger partial charge < -0.3 is 5.32 Å². The molecule has 0 unspecified atom stereocenters. The summed E-state index contributed by atoms with van der Waals surface area (Å²) in [6.45, 7) is 0.628. The van der Waals surface area contributed by atoms with Crippen LogP contribution < -0.4 is 5.32 Å². The molecule has 1 heterocycles. The van der Waals surface area contributed by atoms with Crippen molar-refractivity contribution in [2.75, 3.05) is 6.54 Å². The average Bonchev–Trinajstić information content (AvgIpc) is 2.43. The normalized spacial score (nSPS) is 22.2. The number of hydrogen-bond acceptors (Lipinski definition) is 1. The van der Waals surface area contributed by atoms with E-state index in [4.69, 9.17) is 11.6 Å². The first-order valence-corrected chi connectivity index (χ1v) is 7.40. The molecule has 0 atom stereocenters. The van der Waals surface area contributed by atoms with Crippen LogP contribution in [0.25, 0.3) is 5.57 Å². The first kappa shape index (κ1) is 12.7. The molecule has 3 heteroatoms. The summed E-state index contributed by atoms with van der Waals surface area (Å²) in [5.74, 6) is 0.665. The summed E-state index contributed by atoms with van der Waals surface area (Å²) in [6, 6.07) is 5.52. The second-order valence-corrected chi connectivity index (χ2v) is 5.90. The van der Waals surface area contributed by atoms with Crippen LogP contribution in [0.3, 0.4) is 0 Å². The van der Waals surface area contributed by atoms with E-state index in [0.29, 0.717) is 17.5 Å². The Kier molecular flexibility index (Phi) is 3.61. The van der Waals surface area contributed by atoms with Crippen LogP contribution >= 0.6 is 11.6 Å². The molecule has 1 N–H and O–H groups in total. The molecule has 2 nitrogen and oxygen atoms in total. The standard InChI is InChI=1S/C16H18ClNO/c17-13-6-7-14-15(9-13)12(10-18-16(14)19)8-11-4-2-1-3-5-11/h6-9,11H,1-5,10H2,(H,18,19)/b12-8+. The van der Waals surface area contributed by atoms with E-state index in [1.54, 1.807) is 6.07 Å². The van der Waals surface area contributed by atoms with Crippen molar-refractivity contribution in [3.8, 4) is 0 Å². The highest BCUT2D eigenvalue weighted by Crippen LogP contribution is 2.31. The minimum absolute atomic E-state index is 0.00691. The number of benzene rings is 1. The van der Waals surface area contributed by atoms with Crippen LogP contribution in [0, 0.1) is 5.92 Å². The third-order valence-corrected chi connectivity index (χ3v) is 4.33. The van der Waals surface area contributed by atoms with Gasteiger partial charge in [-0.1, -0.05) is 36.9 Å². The Labute approximate surface area is 118 Å². The molecule has 1 amide bonds. The first-order chi connectivity index (χ1) is 9.24. The van der Waals surface area contributed by atoms with E-state index in [-0.39, 0.29) is 5.91 Å². The molecule has 1 saturated carbocycles. The molecule has 0 aromatic heterocycles. The fourth-order valence-electron chi connectivity index (χ4n) is 3.08. The lowest BCUT2D eigenvalue weighted by atomic mass is 9.85. The fraction of sp³-hybridized carbons (Fsp3) is 0.438. The van der Waals surface area contributed by atoms with E-state index >= 15 is 0 Å². The molecule has 0 spiro atoms. The van der Waals surface area contributed by atoms with E-state index in [2.05, 4.69) is 11.4 Å². The molecule has 1 fully saturated rings. The number of carbonyl (C=O) groups is 1. The smallest absolute Gasteiger partial charge is 0.252 e. The maximum Gasteiger partial charge on any atom is 0.252 e. The van der Waals surface area contributed by atoms with Gasteiger partial charge in [0.1, 0.15) is 0 Å². The van der Waals surface area contributed by atoms with Crippen molar-refractivity contribution in [2.45, 2.75) is 32.1 Å². The quantitative estimate of drug-likeness (QED) is 0.823. The van der Waals surface area contributed by atoms with Crippen molar-refractivity contribution in [3.63, 3.8) is 0 Å². The van der Waals surface area contributed by atoms with Gasteiger partial charge in [-0.05, 0) is 48.1 Å². The maximum atomic E-state index is 11.9. The number of fused-ring (bicyclic) bond motifs is 1. The van der Waals surface area contributed by atoms with Crippen LogP contribution in [0.1, 0.15) is 48.0 Å². The van der Waals surface area contributed by atoms with Gasteiger partial charge in [-0.2, -0.15) is 0 Å². The highest BCUT2D eigenvalue weighted by atomic mass is 35.5. The van der Waals surface area contributed by atoms with Crippen LogP contribution in [0.2, 0.25) is 5.02 Å². The highest BCUT2D eigenvalue weighted by molar-refractivity contribution is 6.31. The predicted octanol–water partition coefficient (Wildman–Crippen LogP) is 4.05. The summed E-state index contributed by atoms with van der Waals surface area (Å²) >= 11 is 6.07. The van der Waals surface area contributed by atoms with Gasteiger partial charge in [-0.15, -0.1) is 0 Å². The fourth-order valence-corrected chi connectivity index (χ4v) is 3.25. The summed E-state index contributed by atoms with van der Waals surface area (Å²) in [6.07, 6.45) is 8.90. The van der Waals surface area contributed by atoms with E-state index in [9.17, 15) is 4.79 Å². The Balaban J connectivity index is 1.95. The van der Waals surface area contributed by atoms with Crippen LogP contribution in [-0.4, -0.2) is 12.5 Å². The Morgan fingerprint density at radius 3 is 2.74 bits per heavy atom. The molecule has 1 aliphatic carbocycles. The van der Waals surface area contributed by atoms with Crippen molar-refractivity contribution in [3.05, 3.63) is 40.4 Å². The molecule has 0 radical (unpaired) electrons. The summed E-state index contributed by atoms with van der Waals surface area (Å²) in [4.78, 5) is 11.9. The lowest BCUT2D eigenvalue weighted by Crippen LogP contribution is -2.31. The number of allylic oxidation sites excluding steroid dienone is 1. The lowest BCUT2D eigenvalue weighted by Gasteiger charge is -2.24. The zero-order chi connectivity index (χ0) is 13.2. The van der Waals surface area contributed by atoms with Crippen LogP contribution in [0.5, 0.6) is 0 Å². The molecule has 1 aliphatic heterocycles. The number of amides is 1. The third kappa shape index (κ3) is 2.69. The monoisotopic (exact) mass is 275 g/mol. The number of hydrogen-bond donors (Lipinski definition) is 1. The zero-order valence-electron chi connectivity index (χ0n) is 10.9. The third-order valence-electron chi connectivity index (χ3n) is 4.10. The molecule has 2 aliphatic rings. The Hall–Kier alpha value is -1.28. The summed E-state index contributed by atoms with van der Waals surface area (Å²) < 4.78 is 0. The van der Waals surface area contributed by atoms with Crippen molar-refractivity contribution in [1.82, 2.24) is 5.32 Å². The Morgan fingerprint density at radius 1 is 1.16 bits per heavy atom. The maximum absolute atomic E-state index is 11.9. The predicted molar refractivity (Wildman–Crippen MR) is 78.3 cm³/mol. The zero-order valence-corrected chi connectivity index (χ0v) is 11.7. The van der Waals surface area contributed by atoms with Crippen LogP contribution in [0.4, 0.5) is 0 Å². The van der Waals surface area contributed by atoms with Gasteiger partial charge in [-0.3, -0.25) is 4.79 Å². The van der Waals surface area contributed by atoms with Gasteiger partial charge in [0.15, 0.2) is 0 Å². The van der Waals surface area contributed by atoms with Crippen molar-refractivity contribution >= 4 is 23.1 Å². The summed E-state index contributed by atoms with van der Waals surface area (Å²) in [7, 11) is 0. The second-order valence-electron chi connectivity index (χ2n) is 5.46. The summed E-state index contributed by atoms with van der Waals surface area (Å²) in [5.41, 5.74) is 2.99. The van der Waals surface area contributed by atoms with E-state index in [1.807, 2.05) is 12.1 Å². The van der Waals surface area contributed by atoms with Gasteiger partial charge in [0.2, 0.25) is 0 Å². The molecule has 0 bridgehead atoms. The van der Waals surface area contributed by atoms with Crippen LogP contribution in [0.15, 0.2) is 24.3 Å². The number of rotatable bonds is 1. The number of halogens is 1. The Morgan fingerprint density at radius 2 is 1.95 bits per heavy atom. The SMILES string of the molecule is O=C1NC/C(=C\C2CCCCC2)c2cc(Cl)ccc21. The molecule has 100 valence electrons. The van der Waals surface area contributed by atoms with E-state index < -0.39 is 0 Å². The van der Waals surface area contributed by atoms with Gasteiger partial charge in [0.25, 0.3) is 5.91 Å². The molecule has 3 rings (SSSR count). The largest absolute Gasteiger partial charge is 0.348 e. The van der Waals surface area contributed by atoms with Crippen molar-refractivity contribution < 1.29 is 4.79 Å². The molecule has 1 aromatic carbocycles. The molecule has 19 heavy (non-hydrogen) atoms. The Bertz CT molecular complexity index is 530. The first-order valence-electron chi connectivity index (χ1n) is 7.03. The average molecular weight is 276 g/mol. The number of carbonyl (C=O) groups excluding carboxylic acids is 1. The molecule has 0 saturated heterocycles. The second kappa shape index (κ2) is 5.38. The van der Waals surface area contributed by atoms with Crippen molar-refractivity contribution in [1.29, 1.82) is 0 Å². The minimum Gasteiger partial charge on any atom is -0.348 e.